The maximum atomic E-state index is 12.4. The summed E-state index contributed by atoms with van der Waals surface area (Å²) in [4.78, 5) is 16.1. The molecule has 2 N–H and O–H groups in total. The first-order chi connectivity index (χ1) is 10.1. The van der Waals surface area contributed by atoms with Crippen LogP contribution >= 0.6 is 0 Å². The number of rotatable bonds is 1. The van der Waals surface area contributed by atoms with E-state index in [1.807, 2.05) is 43.3 Å². The van der Waals surface area contributed by atoms with Crippen LogP contribution in [0.4, 0.5) is 17.1 Å². The van der Waals surface area contributed by atoms with Crippen molar-refractivity contribution >= 4 is 23.0 Å². The van der Waals surface area contributed by atoms with Gasteiger partial charge in [-0.15, -0.1) is 0 Å². The van der Waals surface area contributed by atoms with Crippen LogP contribution in [0.2, 0.25) is 0 Å². The highest BCUT2D eigenvalue weighted by atomic mass is 16.2. The van der Waals surface area contributed by atoms with E-state index in [-0.39, 0.29) is 5.91 Å². The van der Waals surface area contributed by atoms with Gasteiger partial charge in [-0.3, -0.25) is 4.79 Å². The van der Waals surface area contributed by atoms with Gasteiger partial charge in [0, 0.05) is 19.3 Å². The van der Waals surface area contributed by atoms with Gasteiger partial charge in [-0.05, 0) is 36.8 Å². The molecule has 0 saturated carbocycles. The second-order valence-corrected chi connectivity index (χ2v) is 5.44. The van der Waals surface area contributed by atoms with Gasteiger partial charge in [0.15, 0.2) is 0 Å². The standard InChI is InChI=1S/C17H19N3O/c1-12-8-9-15-16(10-12)19(2)17(21)14(18)11-20(15)13-6-4-3-5-7-13/h3-10,14H,11,18H2,1-2H3. The zero-order chi connectivity index (χ0) is 15.0. The minimum atomic E-state index is -0.539. The highest BCUT2D eigenvalue weighted by Gasteiger charge is 2.30. The second-order valence-electron chi connectivity index (χ2n) is 5.44. The van der Waals surface area contributed by atoms with Crippen molar-refractivity contribution in [1.29, 1.82) is 0 Å². The van der Waals surface area contributed by atoms with Gasteiger partial charge in [-0.1, -0.05) is 24.3 Å². The van der Waals surface area contributed by atoms with Gasteiger partial charge in [0.25, 0.3) is 0 Å². The Labute approximate surface area is 124 Å². The minimum absolute atomic E-state index is 0.0553. The predicted molar refractivity (Wildman–Crippen MR) is 86.0 cm³/mol. The van der Waals surface area contributed by atoms with E-state index in [1.54, 1.807) is 11.9 Å². The molecule has 3 rings (SSSR count). The SMILES string of the molecule is Cc1ccc2c(c1)N(C)C(=O)C(N)CN2c1ccccc1. The van der Waals surface area contributed by atoms with E-state index in [0.717, 1.165) is 22.6 Å². The normalized spacial score (nSPS) is 18.4. The first kappa shape index (κ1) is 13.6. The van der Waals surface area contributed by atoms with E-state index in [2.05, 4.69) is 17.0 Å². The van der Waals surface area contributed by atoms with Crippen molar-refractivity contribution in [3.05, 3.63) is 54.1 Å². The molecule has 1 aliphatic heterocycles. The Hall–Kier alpha value is -2.33. The van der Waals surface area contributed by atoms with Crippen LogP contribution in [-0.2, 0) is 4.79 Å². The van der Waals surface area contributed by atoms with E-state index in [4.69, 9.17) is 5.73 Å². The zero-order valence-electron chi connectivity index (χ0n) is 12.3. The van der Waals surface area contributed by atoms with Crippen LogP contribution < -0.4 is 15.5 Å². The van der Waals surface area contributed by atoms with Crippen molar-refractivity contribution in [3.8, 4) is 0 Å². The Bertz CT molecular complexity index is 669. The zero-order valence-corrected chi connectivity index (χ0v) is 12.3. The van der Waals surface area contributed by atoms with E-state index < -0.39 is 6.04 Å². The lowest BCUT2D eigenvalue weighted by atomic mass is 10.1. The molecular weight excluding hydrogens is 262 g/mol. The van der Waals surface area contributed by atoms with Gasteiger partial charge in [0.2, 0.25) is 5.91 Å². The van der Waals surface area contributed by atoms with Gasteiger partial charge in [-0.2, -0.15) is 0 Å². The summed E-state index contributed by atoms with van der Waals surface area (Å²) in [5.41, 5.74) is 10.2. The molecule has 1 heterocycles. The van der Waals surface area contributed by atoms with Gasteiger partial charge in [-0.25, -0.2) is 0 Å². The minimum Gasteiger partial charge on any atom is -0.338 e. The van der Waals surface area contributed by atoms with Crippen molar-refractivity contribution in [2.45, 2.75) is 13.0 Å². The smallest absolute Gasteiger partial charge is 0.245 e. The van der Waals surface area contributed by atoms with E-state index in [1.165, 1.54) is 0 Å². The van der Waals surface area contributed by atoms with Crippen LogP contribution in [0.1, 0.15) is 5.56 Å². The predicted octanol–water partition coefficient (Wildman–Crippen LogP) is 2.44. The fourth-order valence-corrected chi connectivity index (χ4v) is 2.72. The Morgan fingerprint density at radius 2 is 1.81 bits per heavy atom. The maximum absolute atomic E-state index is 12.4. The largest absolute Gasteiger partial charge is 0.338 e. The van der Waals surface area contributed by atoms with Crippen molar-refractivity contribution in [3.63, 3.8) is 0 Å². The number of benzene rings is 2. The molecule has 0 fully saturated rings. The summed E-state index contributed by atoms with van der Waals surface area (Å²) >= 11 is 0. The number of carbonyl (C=O) groups is 1. The Balaban J connectivity index is 2.17. The summed E-state index contributed by atoms with van der Waals surface area (Å²) in [6.45, 7) is 2.50. The summed E-state index contributed by atoms with van der Waals surface area (Å²) in [5, 5.41) is 0. The molecule has 0 bridgehead atoms. The molecule has 0 radical (unpaired) electrons. The number of para-hydroxylation sites is 1. The fourth-order valence-electron chi connectivity index (χ4n) is 2.72. The molecule has 1 amide bonds. The number of anilines is 3. The number of hydrogen-bond acceptors (Lipinski definition) is 3. The summed E-state index contributed by atoms with van der Waals surface area (Å²) in [6.07, 6.45) is 0. The third kappa shape index (κ3) is 2.38. The second kappa shape index (κ2) is 5.22. The Morgan fingerprint density at radius 3 is 2.52 bits per heavy atom. The molecule has 1 unspecified atom stereocenters. The number of aryl methyl sites for hydroxylation is 1. The quantitative estimate of drug-likeness (QED) is 0.873. The van der Waals surface area contributed by atoms with Gasteiger partial charge in [0.1, 0.15) is 6.04 Å². The lowest BCUT2D eigenvalue weighted by molar-refractivity contribution is -0.119. The van der Waals surface area contributed by atoms with Crippen molar-refractivity contribution in [1.82, 2.24) is 0 Å². The number of nitrogens with zero attached hydrogens (tertiary/aromatic N) is 2. The maximum Gasteiger partial charge on any atom is 0.245 e. The molecule has 4 nitrogen and oxygen atoms in total. The molecular formula is C17H19N3O. The lowest BCUT2D eigenvalue weighted by Crippen LogP contribution is -2.45. The van der Waals surface area contributed by atoms with Gasteiger partial charge < -0.3 is 15.5 Å². The molecule has 4 heteroatoms. The molecule has 0 saturated heterocycles. The van der Waals surface area contributed by atoms with Crippen molar-refractivity contribution in [2.75, 3.05) is 23.4 Å². The third-order valence-corrected chi connectivity index (χ3v) is 3.88. The van der Waals surface area contributed by atoms with E-state index in [9.17, 15) is 4.79 Å². The molecule has 1 aliphatic rings. The summed E-state index contributed by atoms with van der Waals surface area (Å²) < 4.78 is 0. The van der Waals surface area contributed by atoms with Crippen molar-refractivity contribution < 1.29 is 4.79 Å². The van der Waals surface area contributed by atoms with Crippen molar-refractivity contribution in [2.24, 2.45) is 5.73 Å². The highest BCUT2D eigenvalue weighted by Crippen LogP contribution is 2.37. The van der Waals surface area contributed by atoms with Crippen LogP contribution in [0.5, 0.6) is 0 Å². The average molecular weight is 281 g/mol. The molecule has 2 aromatic rings. The van der Waals surface area contributed by atoms with E-state index >= 15 is 0 Å². The topological polar surface area (TPSA) is 49.6 Å². The number of likely N-dealkylation sites (N-methyl/N-ethyl adjacent to an activating group) is 1. The van der Waals surface area contributed by atoms with Crippen LogP contribution in [0.25, 0.3) is 0 Å². The lowest BCUT2D eigenvalue weighted by Gasteiger charge is -2.26. The fraction of sp³-hybridized carbons (Fsp3) is 0.235. The molecule has 21 heavy (non-hydrogen) atoms. The molecule has 108 valence electrons. The van der Waals surface area contributed by atoms with Gasteiger partial charge in [0.05, 0.1) is 11.4 Å². The number of carbonyl (C=O) groups excluding carboxylic acids is 1. The highest BCUT2D eigenvalue weighted by molar-refractivity contribution is 6.02. The molecule has 0 aliphatic carbocycles. The molecule has 0 aromatic heterocycles. The molecule has 0 spiro atoms. The molecule has 2 aromatic carbocycles. The van der Waals surface area contributed by atoms with Crippen LogP contribution in [-0.4, -0.2) is 25.5 Å². The first-order valence-electron chi connectivity index (χ1n) is 7.04. The Morgan fingerprint density at radius 1 is 1.10 bits per heavy atom. The molecule has 1 atom stereocenters. The Kier molecular flexibility index (Phi) is 3.39. The summed E-state index contributed by atoms with van der Waals surface area (Å²) in [5.74, 6) is -0.0553. The summed E-state index contributed by atoms with van der Waals surface area (Å²) in [6, 6.07) is 15.6. The first-order valence-corrected chi connectivity index (χ1v) is 7.04. The number of amides is 1. The van der Waals surface area contributed by atoms with E-state index in [0.29, 0.717) is 6.54 Å². The van der Waals surface area contributed by atoms with Crippen LogP contribution in [0.3, 0.4) is 0 Å². The average Bonchev–Trinajstić information content (AvgIpc) is 2.59. The number of fused-ring (bicyclic) bond motifs is 1. The van der Waals surface area contributed by atoms with Crippen LogP contribution in [0.15, 0.2) is 48.5 Å². The third-order valence-electron chi connectivity index (χ3n) is 3.88. The van der Waals surface area contributed by atoms with Gasteiger partial charge >= 0.3 is 0 Å². The number of nitrogens with two attached hydrogens (primary N) is 1. The van der Waals surface area contributed by atoms with Crippen LogP contribution in [0, 0.1) is 6.92 Å². The summed E-state index contributed by atoms with van der Waals surface area (Å²) in [7, 11) is 1.79. The number of hydrogen-bond donors (Lipinski definition) is 1. The monoisotopic (exact) mass is 281 g/mol.